The topological polar surface area (TPSA) is 52.9 Å². The van der Waals surface area contributed by atoms with Gasteiger partial charge in [-0.05, 0) is 17.7 Å². The lowest BCUT2D eigenvalue weighted by Gasteiger charge is -2.09. The number of amides is 1. The molecule has 90 valence electrons. The third-order valence-electron chi connectivity index (χ3n) is 1.98. The van der Waals surface area contributed by atoms with Gasteiger partial charge in [-0.1, -0.05) is 12.1 Å². The molecule has 1 amide bonds. The lowest BCUT2D eigenvalue weighted by atomic mass is 10.1. The van der Waals surface area contributed by atoms with Crippen LogP contribution in [0.3, 0.4) is 0 Å². The summed E-state index contributed by atoms with van der Waals surface area (Å²) in [6.07, 6.45) is -4.70. The Morgan fingerprint density at radius 3 is 2.71 bits per heavy atom. The molecule has 0 radical (unpaired) electrons. The van der Waals surface area contributed by atoms with E-state index in [9.17, 15) is 18.0 Å². The van der Waals surface area contributed by atoms with Crippen LogP contribution < -0.4 is 5.32 Å². The first-order chi connectivity index (χ1) is 7.93. The molecular weight excluding hydrogens is 233 g/mol. The van der Waals surface area contributed by atoms with E-state index >= 15 is 0 Å². The van der Waals surface area contributed by atoms with Gasteiger partial charge in [0.25, 0.3) is 0 Å². The van der Waals surface area contributed by atoms with Crippen molar-refractivity contribution in [3.05, 3.63) is 35.4 Å². The second-order valence-corrected chi connectivity index (χ2v) is 3.31. The highest BCUT2D eigenvalue weighted by atomic mass is 19.4. The molecule has 1 aromatic carbocycles. The molecule has 0 fully saturated rings. The van der Waals surface area contributed by atoms with Gasteiger partial charge in [0.05, 0.1) is 11.6 Å². The molecule has 0 unspecified atom stereocenters. The zero-order valence-corrected chi connectivity index (χ0v) is 8.71. The van der Waals surface area contributed by atoms with Gasteiger partial charge in [0, 0.05) is 6.54 Å². The van der Waals surface area contributed by atoms with Crippen LogP contribution in [0.5, 0.6) is 0 Å². The monoisotopic (exact) mass is 242 g/mol. The van der Waals surface area contributed by atoms with Crippen molar-refractivity contribution in [2.24, 2.45) is 0 Å². The summed E-state index contributed by atoms with van der Waals surface area (Å²) < 4.78 is 37.1. The van der Waals surface area contributed by atoms with E-state index in [-0.39, 0.29) is 13.0 Å². The van der Waals surface area contributed by atoms with E-state index in [0.29, 0.717) is 5.56 Å². The number of benzene rings is 1. The Balaban J connectivity index is 2.67. The molecule has 3 nitrogen and oxygen atoms in total. The molecule has 0 heterocycles. The normalized spacial score (nSPS) is 10.7. The summed E-state index contributed by atoms with van der Waals surface area (Å²) in [7, 11) is 0. The number of nitrogens with zero attached hydrogens (tertiary/aromatic N) is 1. The van der Waals surface area contributed by atoms with Gasteiger partial charge in [-0.25, -0.2) is 0 Å². The van der Waals surface area contributed by atoms with Crippen molar-refractivity contribution in [3.63, 3.8) is 0 Å². The molecule has 0 aliphatic rings. The molecule has 1 rings (SSSR count). The molecule has 1 N–H and O–H groups in total. The summed E-state index contributed by atoms with van der Waals surface area (Å²) in [5.41, 5.74) is -0.421. The van der Waals surface area contributed by atoms with Crippen LogP contribution in [0.15, 0.2) is 24.3 Å². The largest absolute Gasteiger partial charge is 0.416 e. The van der Waals surface area contributed by atoms with Crippen LogP contribution in [0.4, 0.5) is 13.2 Å². The number of nitriles is 1. The highest BCUT2D eigenvalue weighted by molar-refractivity contribution is 5.77. The SMILES string of the molecule is N#CCC(=O)NCc1cccc(C(F)(F)F)c1. The Bertz CT molecular complexity index is 449. The fraction of sp³-hybridized carbons (Fsp3) is 0.273. The average molecular weight is 242 g/mol. The molecular formula is C11H9F3N2O. The lowest BCUT2D eigenvalue weighted by Crippen LogP contribution is -2.22. The Labute approximate surface area is 95.9 Å². The highest BCUT2D eigenvalue weighted by Crippen LogP contribution is 2.29. The second kappa shape index (κ2) is 5.34. The first-order valence-electron chi connectivity index (χ1n) is 4.73. The third kappa shape index (κ3) is 4.15. The van der Waals surface area contributed by atoms with Gasteiger partial charge >= 0.3 is 6.18 Å². The summed E-state index contributed by atoms with van der Waals surface area (Å²) >= 11 is 0. The number of halogens is 3. The van der Waals surface area contributed by atoms with E-state index in [1.165, 1.54) is 12.1 Å². The summed E-state index contributed by atoms with van der Waals surface area (Å²) in [5.74, 6) is -0.509. The quantitative estimate of drug-likeness (QED) is 0.883. The van der Waals surface area contributed by atoms with Gasteiger partial charge in [0.15, 0.2) is 0 Å². The minimum Gasteiger partial charge on any atom is -0.351 e. The van der Waals surface area contributed by atoms with E-state index in [0.717, 1.165) is 12.1 Å². The van der Waals surface area contributed by atoms with Crippen LogP contribution in [-0.4, -0.2) is 5.91 Å². The number of hydrogen-bond donors (Lipinski definition) is 1. The third-order valence-corrected chi connectivity index (χ3v) is 1.98. The average Bonchev–Trinajstić information content (AvgIpc) is 2.26. The van der Waals surface area contributed by atoms with Crippen molar-refractivity contribution in [1.82, 2.24) is 5.32 Å². The van der Waals surface area contributed by atoms with E-state index in [1.807, 2.05) is 0 Å². The van der Waals surface area contributed by atoms with Crippen molar-refractivity contribution in [2.75, 3.05) is 0 Å². The van der Waals surface area contributed by atoms with Gasteiger partial charge in [-0.3, -0.25) is 4.79 Å². The van der Waals surface area contributed by atoms with Crippen molar-refractivity contribution in [2.45, 2.75) is 19.1 Å². The molecule has 0 saturated heterocycles. The fourth-order valence-corrected chi connectivity index (χ4v) is 1.19. The van der Waals surface area contributed by atoms with Crippen molar-refractivity contribution < 1.29 is 18.0 Å². The second-order valence-electron chi connectivity index (χ2n) is 3.31. The summed E-state index contributed by atoms with van der Waals surface area (Å²) in [4.78, 5) is 10.9. The maximum absolute atomic E-state index is 12.4. The molecule has 0 bridgehead atoms. The van der Waals surface area contributed by atoms with Crippen LogP contribution in [-0.2, 0) is 17.5 Å². The Kier molecular flexibility index (Phi) is 4.10. The number of nitrogens with one attached hydrogen (secondary N) is 1. The first kappa shape index (κ1) is 13.0. The summed E-state index contributed by atoms with van der Waals surface area (Å²) in [6, 6.07) is 6.32. The van der Waals surface area contributed by atoms with Crippen molar-refractivity contribution in [3.8, 4) is 6.07 Å². The predicted molar refractivity (Wildman–Crippen MR) is 53.5 cm³/mol. The fourth-order valence-electron chi connectivity index (χ4n) is 1.19. The van der Waals surface area contributed by atoms with E-state index in [2.05, 4.69) is 5.32 Å². The Hall–Kier alpha value is -2.03. The number of rotatable bonds is 3. The van der Waals surface area contributed by atoms with Crippen molar-refractivity contribution in [1.29, 1.82) is 5.26 Å². The standard InChI is InChI=1S/C11H9F3N2O/c12-11(13,14)9-3-1-2-8(6-9)7-16-10(17)4-5-15/h1-3,6H,4,7H2,(H,16,17). The molecule has 0 spiro atoms. The molecule has 0 aromatic heterocycles. The molecule has 0 saturated carbocycles. The Morgan fingerprint density at radius 1 is 1.41 bits per heavy atom. The first-order valence-corrected chi connectivity index (χ1v) is 4.73. The van der Waals surface area contributed by atoms with Gasteiger partial charge in [-0.2, -0.15) is 18.4 Å². The zero-order chi connectivity index (χ0) is 12.9. The van der Waals surface area contributed by atoms with Crippen molar-refractivity contribution >= 4 is 5.91 Å². The maximum Gasteiger partial charge on any atom is 0.416 e. The van der Waals surface area contributed by atoms with E-state index in [4.69, 9.17) is 5.26 Å². The smallest absolute Gasteiger partial charge is 0.351 e. The van der Waals surface area contributed by atoms with Crippen LogP contribution in [0.2, 0.25) is 0 Å². The molecule has 0 atom stereocenters. The van der Waals surface area contributed by atoms with Gasteiger partial charge in [0.1, 0.15) is 6.42 Å². The number of alkyl halides is 3. The minimum atomic E-state index is -4.40. The minimum absolute atomic E-state index is 0.0234. The zero-order valence-electron chi connectivity index (χ0n) is 8.71. The van der Waals surface area contributed by atoms with Gasteiger partial charge in [-0.15, -0.1) is 0 Å². The highest BCUT2D eigenvalue weighted by Gasteiger charge is 2.30. The van der Waals surface area contributed by atoms with Crippen LogP contribution in [0.1, 0.15) is 17.5 Å². The molecule has 0 aliphatic heterocycles. The summed E-state index contributed by atoms with van der Waals surface area (Å²) in [5, 5.41) is 10.6. The summed E-state index contributed by atoms with van der Waals surface area (Å²) in [6.45, 7) is -0.0234. The number of carbonyl (C=O) groups is 1. The predicted octanol–water partition coefficient (Wildman–Crippen LogP) is 2.24. The molecule has 1 aromatic rings. The van der Waals surface area contributed by atoms with Crippen LogP contribution in [0, 0.1) is 11.3 Å². The molecule has 0 aliphatic carbocycles. The van der Waals surface area contributed by atoms with Gasteiger partial charge < -0.3 is 5.32 Å². The molecule has 6 heteroatoms. The number of hydrogen-bond acceptors (Lipinski definition) is 2. The Morgan fingerprint density at radius 2 is 2.12 bits per heavy atom. The maximum atomic E-state index is 12.4. The number of carbonyl (C=O) groups excluding carboxylic acids is 1. The lowest BCUT2D eigenvalue weighted by molar-refractivity contribution is -0.137. The van der Waals surface area contributed by atoms with Crippen LogP contribution >= 0.6 is 0 Å². The van der Waals surface area contributed by atoms with E-state index < -0.39 is 17.6 Å². The van der Waals surface area contributed by atoms with Crippen LogP contribution in [0.25, 0.3) is 0 Å². The van der Waals surface area contributed by atoms with Gasteiger partial charge in [0.2, 0.25) is 5.91 Å². The molecule has 17 heavy (non-hydrogen) atoms. The van der Waals surface area contributed by atoms with E-state index in [1.54, 1.807) is 6.07 Å².